The summed E-state index contributed by atoms with van der Waals surface area (Å²) in [6.45, 7) is 1.28. The quantitative estimate of drug-likeness (QED) is 0.932. The molecular formula is C21H22N2O2. The average Bonchev–Trinajstić information content (AvgIpc) is 3.51. The van der Waals surface area contributed by atoms with E-state index in [1.165, 1.54) is 5.56 Å². The fourth-order valence-electron chi connectivity index (χ4n) is 3.34. The van der Waals surface area contributed by atoms with Crippen LogP contribution in [0, 0.1) is 5.92 Å². The van der Waals surface area contributed by atoms with Gasteiger partial charge in [-0.2, -0.15) is 0 Å². The number of anilines is 1. The highest BCUT2D eigenvalue weighted by Crippen LogP contribution is 2.29. The molecule has 2 aromatic rings. The SMILES string of the molecule is O=C(NCc1ccc(C(=O)N2CCCc3ccccc32)cc1)C1CC1. The van der Waals surface area contributed by atoms with Crippen molar-refractivity contribution in [2.45, 2.75) is 32.2 Å². The summed E-state index contributed by atoms with van der Waals surface area (Å²) in [6, 6.07) is 15.7. The molecule has 2 aromatic carbocycles. The molecule has 0 saturated heterocycles. The Morgan fingerprint density at radius 2 is 1.80 bits per heavy atom. The minimum atomic E-state index is 0.0423. The predicted molar refractivity (Wildman–Crippen MR) is 97.5 cm³/mol. The molecule has 1 aliphatic carbocycles. The van der Waals surface area contributed by atoms with Gasteiger partial charge in [0.2, 0.25) is 5.91 Å². The molecular weight excluding hydrogens is 312 g/mol. The van der Waals surface area contributed by atoms with Crippen LogP contribution in [0.5, 0.6) is 0 Å². The number of amides is 2. The summed E-state index contributed by atoms with van der Waals surface area (Å²) in [5.74, 6) is 0.408. The molecule has 1 aliphatic heterocycles. The predicted octanol–water partition coefficient (Wildman–Crippen LogP) is 3.31. The number of nitrogens with zero attached hydrogens (tertiary/aromatic N) is 1. The lowest BCUT2D eigenvalue weighted by atomic mass is 10.0. The van der Waals surface area contributed by atoms with E-state index in [9.17, 15) is 9.59 Å². The number of hydrogen-bond donors (Lipinski definition) is 1. The molecule has 1 fully saturated rings. The highest BCUT2D eigenvalue weighted by molar-refractivity contribution is 6.06. The average molecular weight is 334 g/mol. The lowest BCUT2D eigenvalue weighted by Crippen LogP contribution is -2.35. The van der Waals surface area contributed by atoms with E-state index in [1.807, 2.05) is 47.4 Å². The molecule has 1 N–H and O–H groups in total. The zero-order valence-electron chi connectivity index (χ0n) is 14.2. The second-order valence-electron chi connectivity index (χ2n) is 6.88. The summed E-state index contributed by atoms with van der Waals surface area (Å²) in [5.41, 5.74) is 3.97. The Bertz CT molecular complexity index is 794. The van der Waals surface area contributed by atoms with Crippen LogP contribution in [0.25, 0.3) is 0 Å². The van der Waals surface area contributed by atoms with Gasteiger partial charge in [0.1, 0.15) is 0 Å². The van der Waals surface area contributed by atoms with E-state index in [0.29, 0.717) is 12.1 Å². The van der Waals surface area contributed by atoms with E-state index >= 15 is 0 Å². The van der Waals surface area contributed by atoms with Crippen molar-refractivity contribution in [1.82, 2.24) is 5.32 Å². The van der Waals surface area contributed by atoms with Crippen LogP contribution in [0.1, 0.15) is 40.7 Å². The Hall–Kier alpha value is -2.62. The van der Waals surface area contributed by atoms with Gasteiger partial charge in [0, 0.05) is 30.3 Å². The van der Waals surface area contributed by atoms with Gasteiger partial charge in [0.15, 0.2) is 0 Å². The van der Waals surface area contributed by atoms with Crippen LogP contribution in [0.15, 0.2) is 48.5 Å². The first-order valence-electron chi connectivity index (χ1n) is 8.99. The van der Waals surface area contributed by atoms with Gasteiger partial charge in [-0.15, -0.1) is 0 Å². The Labute approximate surface area is 147 Å². The Kier molecular flexibility index (Phi) is 4.26. The van der Waals surface area contributed by atoms with Gasteiger partial charge in [-0.3, -0.25) is 9.59 Å². The largest absolute Gasteiger partial charge is 0.352 e. The third kappa shape index (κ3) is 3.43. The monoisotopic (exact) mass is 334 g/mol. The maximum absolute atomic E-state index is 12.9. The first kappa shape index (κ1) is 15.9. The molecule has 1 heterocycles. The minimum absolute atomic E-state index is 0.0423. The summed E-state index contributed by atoms with van der Waals surface area (Å²) in [7, 11) is 0. The van der Waals surface area contributed by atoms with Gasteiger partial charge >= 0.3 is 0 Å². The standard InChI is InChI=1S/C21H22N2O2/c24-20(17-11-12-17)22-14-15-7-9-18(10-8-15)21(25)23-13-3-5-16-4-1-2-6-19(16)23/h1-2,4,6-10,17H,3,5,11-14H2,(H,22,24). The minimum Gasteiger partial charge on any atom is -0.352 e. The summed E-state index contributed by atoms with van der Waals surface area (Å²) < 4.78 is 0. The van der Waals surface area contributed by atoms with E-state index in [2.05, 4.69) is 11.4 Å². The molecule has 25 heavy (non-hydrogen) atoms. The maximum Gasteiger partial charge on any atom is 0.258 e. The normalized spacial score (nSPS) is 16.2. The molecule has 0 bridgehead atoms. The molecule has 2 aliphatic rings. The van der Waals surface area contributed by atoms with Crippen LogP contribution in [-0.2, 0) is 17.8 Å². The molecule has 0 unspecified atom stereocenters. The van der Waals surface area contributed by atoms with Gasteiger partial charge < -0.3 is 10.2 Å². The molecule has 0 aromatic heterocycles. The number of hydrogen-bond acceptors (Lipinski definition) is 2. The number of carbonyl (C=O) groups excluding carboxylic acids is 2. The third-order valence-electron chi connectivity index (χ3n) is 4.97. The van der Waals surface area contributed by atoms with Crippen molar-refractivity contribution in [1.29, 1.82) is 0 Å². The number of nitrogens with one attached hydrogen (secondary N) is 1. The van der Waals surface area contributed by atoms with Crippen LogP contribution in [0.3, 0.4) is 0 Å². The van der Waals surface area contributed by atoms with Crippen LogP contribution >= 0.6 is 0 Å². The van der Waals surface area contributed by atoms with E-state index in [0.717, 1.165) is 43.5 Å². The van der Waals surface area contributed by atoms with E-state index in [4.69, 9.17) is 0 Å². The third-order valence-corrected chi connectivity index (χ3v) is 4.97. The zero-order chi connectivity index (χ0) is 17.2. The van der Waals surface area contributed by atoms with Crippen molar-refractivity contribution < 1.29 is 9.59 Å². The first-order chi connectivity index (χ1) is 12.2. The molecule has 1 saturated carbocycles. The fraction of sp³-hybridized carbons (Fsp3) is 0.333. The number of para-hydroxylation sites is 1. The Balaban J connectivity index is 1.45. The summed E-state index contributed by atoms with van der Waals surface area (Å²) in [4.78, 5) is 26.5. The molecule has 4 rings (SSSR count). The zero-order valence-corrected chi connectivity index (χ0v) is 14.2. The lowest BCUT2D eigenvalue weighted by molar-refractivity contribution is -0.122. The van der Waals surface area contributed by atoms with Crippen LogP contribution in [0.2, 0.25) is 0 Å². The Morgan fingerprint density at radius 3 is 2.56 bits per heavy atom. The number of fused-ring (bicyclic) bond motifs is 1. The molecule has 4 heteroatoms. The van der Waals surface area contributed by atoms with Gasteiger partial charge in [-0.05, 0) is 55.0 Å². The fourth-order valence-corrected chi connectivity index (χ4v) is 3.34. The van der Waals surface area contributed by atoms with Gasteiger partial charge in [0.25, 0.3) is 5.91 Å². The van der Waals surface area contributed by atoms with Gasteiger partial charge in [0.05, 0.1) is 0 Å². The van der Waals surface area contributed by atoms with Crippen molar-refractivity contribution >= 4 is 17.5 Å². The number of carbonyl (C=O) groups is 2. The lowest BCUT2D eigenvalue weighted by Gasteiger charge is -2.29. The number of benzene rings is 2. The second-order valence-corrected chi connectivity index (χ2v) is 6.88. The first-order valence-corrected chi connectivity index (χ1v) is 8.99. The van der Waals surface area contributed by atoms with E-state index in [1.54, 1.807) is 0 Å². The topological polar surface area (TPSA) is 49.4 Å². The van der Waals surface area contributed by atoms with Crippen molar-refractivity contribution in [3.05, 3.63) is 65.2 Å². The van der Waals surface area contributed by atoms with Crippen LogP contribution in [-0.4, -0.2) is 18.4 Å². The molecule has 0 atom stereocenters. The highest BCUT2D eigenvalue weighted by Gasteiger charge is 2.29. The molecule has 128 valence electrons. The number of rotatable bonds is 4. The summed E-state index contributed by atoms with van der Waals surface area (Å²) in [6.07, 6.45) is 4.04. The van der Waals surface area contributed by atoms with Crippen LogP contribution < -0.4 is 10.2 Å². The van der Waals surface area contributed by atoms with Crippen LogP contribution in [0.4, 0.5) is 5.69 Å². The summed E-state index contributed by atoms with van der Waals surface area (Å²) >= 11 is 0. The van der Waals surface area contributed by atoms with Crippen molar-refractivity contribution in [2.75, 3.05) is 11.4 Å². The second kappa shape index (κ2) is 6.71. The van der Waals surface area contributed by atoms with E-state index < -0.39 is 0 Å². The molecule has 2 amide bonds. The summed E-state index contributed by atoms with van der Waals surface area (Å²) in [5, 5.41) is 2.95. The smallest absolute Gasteiger partial charge is 0.258 e. The Morgan fingerprint density at radius 1 is 1.04 bits per heavy atom. The van der Waals surface area contributed by atoms with Crippen molar-refractivity contribution in [3.8, 4) is 0 Å². The molecule has 4 nitrogen and oxygen atoms in total. The number of aryl methyl sites for hydroxylation is 1. The maximum atomic E-state index is 12.9. The van der Waals surface area contributed by atoms with Crippen molar-refractivity contribution in [2.24, 2.45) is 5.92 Å². The molecule has 0 radical (unpaired) electrons. The highest BCUT2D eigenvalue weighted by atomic mass is 16.2. The van der Waals surface area contributed by atoms with Gasteiger partial charge in [-0.25, -0.2) is 0 Å². The van der Waals surface area contributed by atoms with E-state index in [-0.39, 0.29) is 17.7 Å². The van der Waals surface area contributed by atoms with Crippen molar-refractivity contribution in [3.63, 3.8) is 0 Å². The van der Waals surface area contributed by atoms with Gasteiger partial charge in [-0.1, -0.05) is 30.3 Å². The molecule has 0 spiro atoms.